The Kier molecular flexibility index (Phi) is 18.6. The smallest absolute Gasteiger partial charge is 0.327 e. The number of nitrogens with zero attached hydrogens (tertiary/aromatic N) is 1. The summed E-state index contributed by atoms with van der Waals surface area (Å²) in [5.41, 5.74) is 5.93. The molecule has 2 aromatic rings. The number of fused-ring (bicyclic) bond motifs is 1. The molecule has 6 amide bonds. The maximum atomic E-state index is 13.3. The van der Waals surface area contributed by atoms with Crippen molar-refractivity contribution < 1.29 is 68.4 Å². The number of pyridine rings is 1. The number of unbranched alkanes of at least 4 members (excludes halogenated alkanes) is 1. The number of anilines is 1. The zero-order valence-electron chi connectivity index (χ0n) is 29.6. The molecule has 0 aliphatic rings. The summed E-state index contributed by atoms with van der Waals surface area (Å²) in [5.74, 6) is -11.9. The number of aromatic nitrogens is 1. The van der Waals surface area contributed by atoms with Crippen LogP contribution in [0.25, 0.3) is 10.9 Å². The van der Waals surface area contributed by atoms with Crippen molar-refractivity contribution in [3.8, 4) is 0 Å². The molecule has 1 aromatic heterocycles. The van der Waals surface area contributed by atoms with Crippen molar-refractivity contribution in [2.24, 2.45) is 5.73 Å². The predicted octanol–water partition coefficient (Wildman–Crippen LogP) is -2.20. The molecule has 0 saturated heterocycles. The number of benzene rings is 1. The van der Waals surface area contributed by atoms with Crippen molar-refractivity contribution >= 4 is 88.5 Å². The molecule has 2 rings (SSSR count). The van der Waals surface area contributed by atoms with Crippen molar-refractivity contribution in [2.75, 3.05) is 24.2 Å². The molecule has 0 radical (unpaired) electrons. The number of carboxylic acid groups (broad SMARTS) is 4. The van der Waals surface area contributed by atoms with Crippen LogP contribution in [-0.2, 0) is 43.2 Å². The zero-order valence-corrected chi connectivity index (χ0v) is 30.5. The fourth-order valence-corrected chi connectivity index (χ4v) is 5.21. The molecular formula is C33H42N8O14S. The second kappa shape index (κ2) is 22.8. The molecule has 0 aliphatic heterocycles. The molecule has 0 fully saturated rings. The molecule has 22 nitrogen and oxygen atoms in total. The van der Waals surface area contributed by atoms with E-state index in [1.807, 2.05) is 0 Å². The van der Waals surface area contributed by atoms with Crippen molar-refractivity contribution in [1.82, 2.24) is 31.6 Å². The molecule has 1 heterocycles. The van der Waals surface area contributed by atoms with E-state index in [0.29, 0.717) is 6.42 Å². The fourth-order valence-electron chi connectivity index (χ4n) is 4.96. The lowest BCUT2D eigenvalue weighted by molar-refractivity contribution is -0.143. The van der Waals surface area contributed by atoms with Crippen LogP contribution >= 0.6 is 12.6 Å². The minimum atomic E-state index is -1.80. The van der Waals surface area contributed by atoms with Gasteiger partial charge in [0.15, 0.2) is 0 Å². The summed E-state index contributed by atoms with van der Waals surface area (Å²) in [4.78, 5) is 127. The summed E-state index contributed by atoms with van der Waals surface area (Å²) in [6.45, 7) is -0.452. The number of thiol groups is 1. The fraction of sp³-hybridized carbons (Fsp3) is 0.424. The number of rotatable bonds is 24. The number of aliphatic carboxylic acids is 4. The van der Waals surface area contributed by atoms with Crippen LogP contribution in [0, 0.1) is 0 Å². The highest BCUT2D eigenvalue weighted by Gasteiger charge is 2.33. The summed E-state index contributed by atoms with van der Waals surface area (Å²) in [5, 5.41) is 50.6. The number of hydrogen-bond donors (Lipinski definition) is 12. The molecule has 56 heavy (non-hydrogen) atoms. The standard InChI is InChI=1S/C33H42N8O14S/c34-10-2-1-5-19(30(51)40-21(13-26(46)47)32(53)41-22(15-56)33(54)55)39-31(52)20(12-25(44)45)38-24(43)8-7-23(42)37-18-6-3-4-16-17(9-11-35-28(16)18)29(50)36-14-27(48)49/h3-4,6,9,11,19-22,56H,1-2,5,7-8,10,12-15,34H2,(H,36,50)(H,37,42)(H,38,43)(H,39,52)(H,40,51)(H,41,53)(H,44,45)(H,46,47)(H,48,49)(H,54,55)/t19-,20+,21-,22-/m0/s1. The Bertz CT molecular complexity index is 1830. The van der Waals surface area contributed by atoms with Gasteiger partial charge in [-0.2, -0.15) is 12.6 Å². The molecule has 0 saturated carbocycles. The van der Waals surface area contributed by atoms with Gasteiger partial charge < -0.3 is 58.1 Å². The number of carboxylic acids is 4. The van der Waals surface area contributed by atoms with E-state index in [-0.39, 0.29) is 47.3 Å². The van der Waals surface area contributed by atoms with Gasteiger partial charge in [0.1, 0.15) is 30.7 Å². The number of hydrogen-bond acceptors (Lipinski definition) is 13. The quantitative estimate of drug-likeness (QED) is 0.0396. The summed E-state index contributed by atoms with van der Waals surface area (Å²) in [6.07, 6.45) is -1.24. The van der Waals surface area contributed by atoms with Gasteiger partial charge in [-0.15, -0.1) is 0 Å². The van der Waals surface area contributed by atoms with Crippen LogP contribution in [0.3, 0.4) is 0 Å². The van der Waals surface area contributed by atoms with Gasteiger partial charge in [-0.25, -0.2) is 4.79 Å². The summed E-state index contributed by atoms with van der Waals surface area (Å²) in [6, 6.07) is -0.766. The van der Waals surface area contributed by atoms with E-state index < -0.39 is 116 Å². The molecule has 23 heteroatoms. The number of nitrogens with one attached hydrogen (secondary N) is 6. The minimum Gasteiger partial charge on any atom is -0.481 e. The molecule has 0 aliphatic carbocycles. The molecule has 1 aromatic carbocycles. The first-order valence-electron chi connectivity index (χ1n) is 16.8. The second-order valence-corrected chi connectivity index (χ2v) is 12.4. The Labute approximate surface area is 323 Å². The summed E-state index contributed by atoms with van der Waals surface area (Å²) in [7, 11) is 0. The van der Waals surface area contributed by atoms with Gasteiger partial charge >= 0.3 is 23.9 Å². The minimum absolute atomic E-state index is 0.0808. The van der Waals surface area contributed by atoms with E-state index in [0.717, 1.165) is 0 Å². The van der Waals surface area contributed by atoms with Crippen LogP contribution in [0.15, 0.2) is 30.5 Å². The first-order chi connectivity index (χ1) is 26.5. The third-order valence-electron chi connectivity index (χ3n) is 7.69. The topological polar surface area (TPSA) is 363 Å². The van der Waals surface area contributed by atoms with E-state index in [4.69, 9.17) is 10.8 Å². The number of nitrogens with two attached hydrogens (primary N) is 1. The third-order valence-corrected chi connectivity index (χ3v) is 8.05. The second-order valence-electron chi connectivity index (χ2n) is 12.0. The Morgan fingerprint density at radius 3 is 1.84 bits per heavy atom. The Balaban J connectivity index is 2.16. The number of carbonyl (C=O) groups excluding carboxylic acids is 6. The van der Waals surface area contributed by atoms with Gasteiger partial charge in [0.25, 0.3) is 5.91 Å². The van der Waals surface area contributed by atoms with Gasteiger partial charge in [0.2, 0.25) is 29.5 Å². The number of carbonyl (C=O) groups is 10. The highest BCUT2D eigenvalue weighted by molar-refractivity contribution is 7.80. The van der Waals surface area contributed by atoms with Crippen molar-refractivity contribution in [3.05, 3.63) is 36.0 Å². The van der Waals surface area contributed by atoms with Gasteiger partial charge in [-0.3, -0.25) is 48.1 Å². The first-order valence-corrected chi connectivity index (χ1v) is 17.5. The van der Waals surface area contributed by atoms with Gasteiger partial charge in [-0.05, 0) is 37.9 Å². The Morgan fingerprint density at radius 2 is 1.27 bits per heavy atom. The molecular weight excluding hydrogens is 764 g/mol. The van der Waals surface area contributed by atoms with Crippen LogP contribution in [0.4, 0.5) is 5.69 Å². The zero-order chi connectivity index (χ0) is 41.9. The normalized spacial score (nSPS) is 12.8. The maximum absolute atomic E-state index is 13.3. The van der Waals surface area contributed by atoms with Crippen LogP contribution in [0.5, 0.6) is 0 Å². The average molecular weight is 807 g/mol. The number of amides is 6. The predicted molar refractivity (Wildman–Crippen MR) is 196 cm³/mol. The monoisotopic (exact) mass is 806 g/mol. The maximum Gasteiger partial charge on any atom is 0.327 e. The first kappa shape index (κ1) is 45.8. The van der Waals surface area contributed by atoms with E-state index in [2.05, 4.69) is 49.5 Å². The largest absolute Gasteiger partial charge is 0.481 e. The van der Waals surface area contributed by atoms with E-state index >= 15 is 0 Å². The van der Waals surface area contributed by atoms with Gasteiger partial charge in [-0.1, -0.05) is 12.1 Å². The van der Waals surface area contributed by atoms with Crippen LogP contribution in [0.1, 0.15) is 55.3 Å². The molecule has 12 N–H and O–H groups in total. The molecule has 0 bridgehead atoms. The highest BCUT2D eigenvalue weighted by atomic mass is 32.1. The summed E-state index contributed by atoms with van der Waals surface area (Å²) < 4.78 is 0. The highest BCUT2D eigenvalue weighted by Crippen LogP contribution is 2.24. The number of para-hydroxylation sites is 1. The Hall–Kier alpha value is -6.36. The van der Waals surface area contributed by atoms with Gasteiger partial charge in [0, 0.05) is 30.2 Å². The van der Waals surface area contributed by atoms with Crippen molar-refractivity contribution in [2.45, 2.75) is 69.1 Å². The van der Waals surface area contributed by atoms with Crippen molar-refractivity contribution in [3.63, 3.8) is 0 Å². The van der Waals surface area contributed by atoms with Crippen LogP contribution in [-0.4, -0.2) is 128 Å². The average Bonchev–Trinajstić information content (AvgIpc) is 3.13. The van der Waals surface area contributed by atoms with E-state index in [1.165, 1.54) is 30.5 Å². The Morgan fingerprint density at radius 1 is 0.696 bits per heavy atom. The summed E-state index contributed by atoms with van der Waals surface area (Å²) >= 11 is 3.82. The lowest BCUT2D eigenvalue weighted by atomic mass is 10.1. The SMILES string of the molecule is NCCCC[C@H](NC(=O)[C@@H](CC(=O)O)NC(=O)CCC(=O)Nc1cccc2c(C(=O)NCC(=O)O)ccnc12)C(=O)N[C@@H](CC(=O)O)C(=O)N[C@@H](CS)C(=O)O. The van der Waals surface area contributed by atoms with E-state index in [9.17, 15) is 63.3 Å². The van der Waals surface area contributed by atoms with Crippen LogP contribution < -0.4 is 37.6 Å². The molecule has 304 valence electrons. The van der Waals surface area contributed by atoms with E-state index in [1.54, 1.807) is 0 Å². The molecule has 0 spiro atoms. The lowest BCUT2D eigenvalue weighted by Crippen LogP contribution is -2.58. The molecule has 0 unspecified atom stereocenters. The molecule has 4 atom stereocenters. The van der Waals surface area contributed by atoms with Crippen molar-refractivity contribution in [1.29, 1.82) is 0 Å². The van der Waals surface area contributed by atoms with Gasteiger partial charge in [0.05, 0.1) is 29.6 Å². The van der Waals surface area contributed by atoms with Crippen LogP contribution in [0.2, 0.25) is 0 Å². The lowest BCUT2D eigenvalue weighted by Gasteiger charge is -2.25. The third kappa shape index (κ3) is 15.2.